The van der Waals surface area contributed by atoms with Crippen molar-refractivity contribution < 1.29 is 4.74 Å². The number of hydrogen-bond acceptors (Lipinski definition) is 7. The molecule has 10 heteroatoms. The second-order valence-electron chi connectivity index (χ2n) is 9.91. The molecule has 0 unspecified atom stereocenters. The van der Waals surface area contributed by atoms with Crippen LogP contribution in [0.15, 0.2) is 35.1 Å². The van der Waals surface area contributed by atoms with E-state index in [-0.39, 0.29) is 11.9 Å². The Kier molecular flexibility index (Phi) is 8.40. The minimum atomic E-state index is 0.163. The van der Waals surface area contributed by atoms with E-state index in [0.717, 1.165) is 66.7 Å². The fourth-order valence-electron chi connectivity index (χ4n) is 4.64. The first-order chi connectivity index (χ1) is 17.8. The molecule has 0 atom stereocenters. The zero-order chi connectivity index (χ0) is 26.5. The molecule has 198 valence electrons. The van der Waals surface area contributed by atoms with Crippen molar-refractivity contribution in [3.63, 3.8) is 0 Å². The highest BCUT2D eigenvalue weighted by molar-refractivity contribution is 6.10. The number of piperazine rings is 1. The van der Waals surface area contributed by atoms with Crippen molar-refractivity contribution >= 4 is 23.5 Å². The Balaban J connectivity index is 1.68. The van der Waals surface area contributed by atoms with Crippen LogP contribution >= 0.6 is 0 Å². The molecule has 37 heavy (non-hydrogen) atoms. The number of likely N-dealkylation sites (N-methyl/N-ethyl adjacent to an activating group) is 2. The molecule has 0 amide bonds. The first-order valence-corrected chi connectivity index (χ1v) is 12.9. The number of amidine groups is 2. The quantitative estimate of drug-likeness (QED) is 0.339. The number of fused-ring (bicyclic) bond motifs is 3. The number of aliphatic imine (C=N–C) groups is 1. The van der Waals surface area contributed by atoms with Gasteiger partial charge >= 0.3 is 0 Å². The summed E-state index contributed by atoms with van der Waals surface area (Å²) in [6.07, 6.45) is 3.40. The summed E-state index contributed by atoms with van der Waals surface area (Å²) >= 11 is 0. The summed E-state index contributed by atoms with van der Waals surface area (Å²) in [5.74, 6) is 2.38. The van der Waals surface area contributed by atoms with Crippen molar-refractivity contribution in [3.8, 4) is 17.1 Å². The Morgan fingerprint density at radius 2 is 1.97 bits per heavy atom. The summed E-state index contributed by atoms with van der Waals surface area (Å²) in [7, 11) is 4.08. The van der Waals surface area contributed by atoms with Gasteiger partial charge in [-0.05, 0) is 45.5 Å². The lowest BCUT2D eigenvalue weighted by atomic mass is 10.0. The summed E-state index contributed by atoms with van der Waals surface area (Å²) in [5.41, 5.74) is 4.43. The summed E-state index contributed by atoms with van der Waals surface area (Å²) < 4.78 is 8.24. The Bertz CT molecular complexity index is 1200. The van der Waals surface area contributed by atoms with E-state index in [1.807, 2.05) is 45.3 Å². The van der Waals surface area contributed by atoms with Crippen LogP contribution in [-0.2, 0) is 6.54 Å². The van der Waals surface area contributed by atoms with Crippen molar-refractivity contribution in [1.82, 2.24) is 30.0 Å². The molecular weight excluding hydrogens is 466 g/mol. The Labute approximate surface area is 219 Å². The number of nitrogens with zero attached hydrogens (tertiary/aromatic N) is 5. The third kappa shape index (κ3) is 6.26. The largest absolute Gasteiger partial charge is 0.491 e. The van der Waals surface area contributed by atoms with E-state index in [4.69, 9.17) is 20.5 Å². The van der Waals surface area contributed by atoms with Gasteiger partial charge in [0.15, 0.2) is 5.84 Å². The van der Waals surface area contributed by atoms with Gasteiger partial charge in [-0.25, -0.2) is 9.98 Å². The molecule has 1 aromatic heterocycles. The minimum Gasteiger partial charge on any atom is -0.491 e. The number of hydrogen-bond donors (Lipinski definition) is 4. The predicted molar refractivity (Wildman–Crippen MR) is 150 cm³/mol. The summed E-state index contributed by atoms with van der Waals surface area (Å²) in [6, 6.07) is 6.25. The molecule has 10 nitrogen and oxygen atoms in total. The maximum atomic E-state index is 8.20. The third-order valence-corrected chi connectivity index (χ3v) is 6.60. The molecule has 0 aliphatic carbocycles. The highest BCUT2D eigenvalue weighted by atomic mass is 16.5. The monoisotopic (exact) mass is 505 g/mol. The van der Waals surface area contributed by atoms with Gasteiger partial charge in [-0.15, -0.1) is 0 Å². The normalized spacial score (nSPS) is 17.3. The fraction of sp³-hybridized carbons (Fsp3) is 0.481. The van der Waals surface area contributed by atoms with Gasteiger partial charge < -0.3 is 30.2 Å². The molecular formula is C27H39N9O. The molecule has 4 N–H and O–H groups in total. The van der Waals surface area contributed by atoms with E-state index < -0.39 is 0 Å². The average molecular weight is 506 g/mol. The lowest BCUT2D eigenvalue weighted by Gasteiger charge is -2.33. The third-order valence-electron chi connectivity index (χ3n) is 6.60. The highest BCUT2D eigenvalue weighted by Crippen LogP contribution is 2.34. The van der Waals surface area contributed by atoms with Crippen LogP contribution in [0.2, 0.25) is 0 Å². The van der Waals surface area contributed by atoms with Crippen LogP contribution in [0.5, 0.6) is 5.75 Å². The molecule has 0 radical (unpaired) electrons. The zero-order valence-corrected chi connectivity index (χ0v) is 22.6. The van der Waals surface area contributed by atoms with Crippen molar-refractivity contribution in [2.24, 2.45) is 4.99 Å². The lowest BCUT2D eigenvalue weighted by Crippen LogP contribution is -2.45. The Hall–Kier alpha value is -3.50. The van der Waals surface area contributed by atoms with Gasteiger partial charge in [-0.1, -0.05) is 6.07 Å². The predicted octanol–water partition coefficient (Wildman–Crippen LogP) is 2.51. The van der Waals surface area contributed by atoms with Crippen LogP contribution in [0, 0.1) is 10.8 Å². The topological polar surface area (TPSA) is 118 Å². The van der Waals surface area contributed by atoms with Crippen LogP contribution in [0.4, 0.5) is 0 Å². The Morgan fingerprint density at radius 3 is 2.62 bits per heavy atom. The van der Waals surface area contributed by atoms with Gasteiger partial charge in [0.2, 0.25) is 0 Å². The minimum absolute atomic E-state index is 0.163. The van der Waals surface area contributed by atoms with Gasteiger partial charge in [0.25, 0.3) is 0 Å². The van der Waals surface area contributed by atoms with Gasteiger partial charge in [0.05, 0.1) is 12.1 Å². The smallest absolute Gasteiger partial charge is 0.155 e. The number of aromatic nitrogens is 2. The highest BCUT2D eigenvalue weighted by Gasteiger charge is 2.22. The molecule has 2 aliphatic heterocycles. The molecule has 2 aliphatic rings. The zero-order valence-electron chi connectivity index (χ0n) is 22.6. The first kappa shape index (κ1) is 26.6. The van der Waals surface area contributed by atoms with E-state index in [1.54, 1.807) is 6.92 Å². The Morgan fingerprint density at radius 1 is 1.22 bits per heavy atom. The number of ether oxygens (including phenoxy) is 1. The number of benzene rings is 1. The second kappa shape index (κ2) is 11.7. The molecule has 2 aromatic rings. The summed E-state index contributed by atoms with van der Waals surface area (Å²) in [4.78, 5) is 14.0. The molecule has 1 fully saturated rings. The molecule has 0 saturated carbocycles. The van der Waals surface area contributed by atoms with Crippen LogP contribution in [0.3, 0.4) is 0 Å². The molecule has 0 bridgehead atoms. The van der Waals surface area contributed by atoms with Gasteiger partial charge in [0.1, 0.15) is 29.7 Å². The molecule has 3 heterocycles. The molecule has 1 aromatic carbocycles. The van der Waals surface area contributed by atoms with Gasteiger partial charge in [0, 0.05) is 69.5 Å². The van der Waals surface area contributed by atoms with E-state index >= 15 is 0 Å². The molecule has 4 rings (SSSR count). The van der Waals surface area contributed by atoms with E-state index in [1.165, 1.54) is 6.21 Å². The SMILES string of the molecule is CN/C(CN1CCN(C)CC1)=C(\C=N)c1ccc2c(c1)OCCn1cc(/C(=N/C(C)=N)NC(C)C)nc1-2. The lowest BCUT2D eigenvalue weighted by molar-refractivity contribution is 0.162. The van der Waals surface area contributed by atoms with Crippen LogP contribution in [-0.4, -0.2) is 96.7 Å². The van der Waals surface area contributed by atoms with Gasteiger partial charge in [-0.2, -0.15) is 0 Å². The van der Waals surface area contributed by atoms with Crippen LogP contribution < -0.4 is 15.4 Å². The van der Waals surface area contributed by atoms with E-state index in [9.17, 15) is 0 Å². The summed E-state index contributed by atoms with van der Waals surface area (Å²) in [5, 5.41) is 22.7. The summed E-state index contributed by atoms with van der Waals surface area (Å²) in [6.45, 7) is 11.8. The van der Waals surface area contributed by atoms with Crippen LogP contribution in [0.1, 0.15) is 32.0 Å². The van der Waals surface area contributed by atoms with E-state index in [0.29, 0.717) is 24.7 Å². The standard InChI is InChI=1S/C27H39N9O/c1-18(2)31-26(32-19(3)29)24-17-36-12-13-37-25-14-20(6-7-21(25)27(36)33-24)22(15-28)23(30-4)16-35-10-8-34(5)9-11-35/h6-7,14-15,17-18,28,30H,8-13,16H2,1-5H3,(H2,29,31,32)/b23-22+,28-15?. The maximum absolute atomic E-state index is 8.20. The number of rotatable bonds is 7. The second-order valence-corrected chi connectivity index (χ2v) is 9.91. The van der Waals surface area contributed by atoms with E-state index in [2.05, 4.69) is 37.0 Å². The fourth-order valence-corrected chi connectivity index (χ4v) is 4.64. The molecule has 1 saturated heterocycles. The molecule has 0 spiro atoms. The maximum Gasteiger partial charge on any atom is 0.155 e. The number of imidazole rings is 1. The van der Waals surface area contributed by atoms with Crippen molar-refractivity contribution in [2.45, 2.75) is 33.4 Å². The van der Waals surface area contributed by atoms with Crippen molar-refractivity contribution in [2.75, 3.05) is 53.4 Å². The van der Waals surface area contributed by atoms with Crippen molar-refractivity contribution in [3.05, 3.63) is 41.4 Å². The van der Waals surface area contributed by atoms with Gasteiger partial charge in [-0.3, -0.25) is 10.3 Å². The average Bonchev–Trinajstić information content (AvgIpc) is 3.20. The van der Waals surface area contributed by atoms with Crippen molar-refractivity contribution in [1.29, 1.82) is 10.8 Å². The van der Waals surface area contributed by atoms with Crippen LogP contribution in [0.25, 0.3) is 17.0 Å². The first-order valence-electron chi connectivity index (χ1n) is 12.9. The number of nitrogens with one attached hydrogen (secondary N) is 4. The number of allylic oxidation sites excluding steroid dienone is 1.